The Kier molecular flexibility index (Phi) is 13.0. The van der Waals surface area contributed by atoms with Crippen LogP contribution in [0.2, 0.25) is 0 Å². The summed E-state index contributed by atoms with van der Waals surface area (Å²) >= 11 is 0. The van der Waals surface area contributed by atoms with Gasteiger partial charge in [-0.3, -0.25) is 14.5 Å². The third-order valence-electron chi connectivity index (χ3n) is 11.8. The fraction of sp³-hybridized carbons (Fsp3) is 0.292. The van der Waals surface area contributed by atoms with Gasteiger partial charge in [0.15, 0.2) is 0 Å². The minimum atomic E-state index is -1.02. The number of carbonyl (C=O) groups is 4. The van der Waals surface area contributed by atoms with Gasteiger partial charge in [-0.05, 0) is 60.6 Å². The van der Waals surface area contributed by atoms with Gasteiger partial charge >= 0.3 is 12.2 Å². The molecule has 5 N–H and O–H groups in total. The molecule has 1 unspecified atom stereocenters. The van der Waals surface area contributed by atoms with Crippen LogP contribution in [0.4, 0.5) is 9.59 Å². The number of aliphatic hydroxyl groups is 1. The molecule has 8 rings (SSSR count). The van der Waals surface area contributed by atoms with E-state index in [1.807, 2.05) is 96.0 Å². The smallest absolute Gasteiger partial charge is 0.407 e. The maximum Gasteiger partial charge on any atom is 0.407 e. The number of nitrogens with one attached hydrogen (secondary N) is 4. The molecule has 15 nitrogen and oxygen atoms in total. The number of benzene rings is 4. The first-order valence-electron chi connectivity index (χ1n) is 21.1. The molecule has 324 valence electrons. The summed E-state index contributed by atoms with van der Waals surface area (Å²) in [6, 6.07) is 33.7. The minimum Gasteiger partial charge on any atom is -0.453 e. The summed E-state index contributed by atoms with van der Waals surface area (Å²) in [5.74, 6) is 0.122. The van der Waals surface area contributed by atoms with E-state index in [0.29, 0.717) is 31.5 Å². The van der Waals surface area contributed by atoms with E-state index in [2.05, 4.69) is 27.0 Å². The number of nitrogens with zero attached hydrogens (tertiary/aromatic N) is 4. The number of methoxy groups -OCH3 is 2. The number of rotatable bonds is 13. The average Bonchev–Trinajstić information content (AvgIpc) is 4.14. The molecule has 2 fully saturated rings. The SMILES string of the molecule is COC(=O)N[C@H](c1ccccc1)C(O)N1CCC[C@H]1c1ncc(-c2ccc3nc(-c4ccc(CNC(=O)[C@@H]5CCCN5C(=O)[C@H](NC(=O)OC)c5ccccc5)cc4)ccc3c2)[nH]1. The zero-order valence-electron chi connectivity index (χ0n) is 35.1. The van der Waals surface area contributed by atoms with E-state index in [1.165, 1.54) is 14.2 Å². The number of H-pyrrole nitrogens is 1. The highest BCUT2D eigenvalue weighted by molar-refractivity contribution is 5.92. The highest BCUT2D eigenvalue weighted by Crippen LogP contribution is 2.36. The molecule has 0 saturated carbocycles. The monoisotopic (exact) mass is 850 g/mol. The Hall–Kier alpha value is -7.10. The van der Waals surface area contributed by atoms with Crippen LogP contribution in [-0.2, 0) is 25.6 Å². The molecule has 0 spiro atoms. The van der Waals surface area contributed by atoms with E-state index in [9.17, 15) is 24.3 Å². The number of aliphatic hydroxyl groups excluding tert-OH is 1. The van der Waals surface area contributed by atoms with Gasteiger partial charge in [-0.25, -0.2) is 19.6 Å². The molecular weight excluding hydrogens is 801 g/mol. The van der Waals surface area contributed by atoms with Crippen molar-refractivity contribution in [2.75, 3.05) is 27.3 Å². The van der Waals surface area contributed by atoms with Gasteiger partial charge < -0.3 is 40.4 Å². The molecule has 0 radical (unpaired) electrons. The third-order valence-corrected chi connectivity index (χ3v) is 11.8. The zero-order valence-corrected chi connectivity index (χ0v) is 35.1. The fourth-order valence-corrected chi connectivity index (χ4v) is 8.55. The van der Waals surface area contributed by atoms with Gasteiger partial charge in [0.05, 0.1) is 49.4 Å². The molecule has 2 saturated heterocycles. The Balaban J connectivity index is 0.897. The first kappa shape index (κ1) is 42.6. The van der Waals surface area contributed by atoms with E-state index in [-0.39, 0.29) is 24.4 Å². The Labute approximate surface area is 364 Å². The second-order valence-corrected chi connectivity index (χ2v) is 15.7. The lowest BCUT2D eigenvalue weighted by Gasteiger charge is -2.34. The maximum atomic E-state index is 13.7. The molecule has 15 heteroatoms. The van der Waals surface area contributed by atoms with Gasteiger partial charge in [0.25, 0.3) is 5.91 Å². The van der Waals surface area contributed by atoms with Crippen LogP contribution in [-0.4, -0.2) is 93.4 Å². The average molecular weight is 851 g/mol. The number of fused-ring (bicyclic) bond motifs is 1. The van der Waals surface area contributed by atoms with Gasteiger partial charge in [-0.2, -0.15) is 0 Å². The van der Waals surface area contributed by atoms with Crippen LogP contribution in [0.5, 0.6) is 0 Å². The second kappa shape index (κ2) is 19.3. The number of hydrogen-bond acceptors (Lipinski definition) is 10. The zero-order chi connectivity index (χ0) is 43.9. The Morgan fingerprint density at radius 1 is 0.794 bits per heavy atom. The minimum absolute atomic E-state index is 0.184. The number of imidazole rings is 1. The standard InChI is InChI=1S/C48H50N8O7/c1-62-47(60)53-41(32-11-5-3-6-12-32)45(58)55-25-9-15-39(55)43-49-29-38(52-43)35-22-24-37-34(27-35)21-23-36(51-37)31-19-17-30(18-20-31)28-50-44(57)40-16-10-26-56(40)46(59)42(54-48(61)63-2)33-13-7-4-8-14-33/h3-8,11-14,17-24,27,29,39-42,45,58H,9-10,15-16,25-26,28H2,1-2H3,(H,49,52)(H,50,57)(H,53,60)(H,54,61)/t39-,40-,41+,42+,45?/m0/s1. The molecule has 63 heavy (non-hydrogen) atoms. The van der Waals surface area contributed by atoms with Crippen LogP contribution < -0.4 is 16.0 Å². The van der Waals surface area contributed by atoms with Crippen LogP contribution in [0.3, 0.4) is 0 Å². The highest BCUT2D eigenvalue weighted by atomic mass is 16.5. The lowest BCUT2D eigenvalue weighted by molar-refractivity contribution is -0.140. The van der Waals surface area contributed by atoms with Crippen molar-refractivity contribution in [1.82, 2.24) is 40.7 Å². The summed E-state index contributed by atoms with van der Waals surface area (Å²) in [7, 11) is 2.54. The van der Waals surface area contributed by atoms with Gasteiger partial charge in [0.1, 0.15) is 24.1 Å². The van der Waals surface area contributed by atoms with Crippen molar-refractivity contribution in [3.63, 3.8) is 0 Å². The van der Waals surface area contributed by atoms with Crippen molar-refractivity contribution < 1.29 is 33.8 Å². The van der Waals surface area contributed by atoms with Crippen LogP contribution >= 0.6 is 0 Å². The summed E-state index contributed by atoms with van der Waals surface area (Å²) in [6.45, 7) is 1.32. The molecule has 4 aromatic carbocycles. The van der Waals surface area contributed by atoms with E-state index in [1.54, 1.807) is 29.2 Å². The Bertz CT molecular complexity index is 2550. The maximum absolute atomic E-state index is 13.7. The number of alkyl carbamates (subject to hydrolysis) is 2. The summed E-state index contributed by atoms with van der Waals surface area (Å²) in [4.78, 5) is 68.3. The Morgan fingerprint density at radius 3 is 2.21 bits per heavy atom. The number of likely N-dealkylation sites (tertiary alicyclic amines) is 2. The molecule has 6 aromatic rings. The molecule has 2 aliphatic rings. The number of ether oxygens (including phenoxy) is 2. The van der Waals surface area contributed by atoms with Gasteiger partial charge in [0.2, 0.25) is 5.91 Å². The van der Waals surface area contributed by atoms with Crippen LogP contribution in [0.1, 0.15) is 66.3 Å². The first-order valence-corrected chi connectivity index (χ1v) is 21.1. The molecule has 4 heterocycles. The third kappa shape index (κ3) is 9.54. The Morgan fingerprint density at radius 2 is 1.48 bits per heavy atom. The number of aromatic amines is 1. The highest BCUT2D eigenvalue weighted by Gasteiger charge is 2.39. The van der Waals surface area contributed by atoms with Crippen LogP contribution in [0.15, 0.2) is 121 Å². The molecular formula is C48H50N8O7. The lowest BCUT2D eigenvalue weighted by atomic mass is 10.0. The molecule has 4 amide bonds. The summed E-state index contributed by atoms with van der Waals surface area (Å²) in [5.41, 5.74) is 6.60. The largest absolute Gasteiger partial charge is 0.453 e. The quantitative estimate of drug-likeness (QED) is 0.0852. The normalized spacial score (nSPS) is 17.7. The van der Waals surface area contributed by atoms with Gasteiger partial charge in [-0.15, -0.1) is 0 Å². The predicted molar refractivity (Wildman–Crippen MR) is 235 cm³/mol. The van der Waals surface area contributed by atoms with Crippen molar-refractivity contribution in [2.24, 2.45) is 0 Å². The molecule has 2 aliphatic heterocycles. The van der Waals surface area contributed by atoms with Crippen LogP contribution in [0, 0.1) is 0 Å². The summed E-state index contributed by atoms with van der Waals surface area (Å²) in [5, 5.41) is 21.0. The van der Waals surface area contributed by atoms with Crippen molar-refractivity contribution in [3.8, 4) is 22.5 Å². The molecule has 5 atom stereocenters. The van der Waals surface area contributed by atoms with E-state index >= 15 is 0 Å². The van der Waals surface area contributed by atoms with E-state index in [4.69, 9.17) is 19.4 Å². The fourth-order valence-electron chi connectivity index (χ4n) is 8.55. The van der Waals surface area contributed by atoms with Gasteiger partial charge in [0, 0.05) is 36.1 Å². The van der Waals surface area contributed by atoms with E-state index < -0.39 is 36.5 Å². The van der Waals surface area contributed by atoms with Crippen LogP contribution in [0.25, 0.3) is 33.4 Å². The van der Waals surface area contributed by atoms with Crippen molar-refractivity contribution in [2.45, 2.75) is 62.6 Å². The number of hydrogen-bond donors (Lipinski definition) is 5. The molecule has 0 aliphatic carbocycles. The summed E-state index contributed by atoms with van der Waals surface area (Å²) < 4.78 is 9.64. The predicted octanol–water partition coefficient (Wildman–Crippen LogP) is 6.55. The number of amides is 4. The molecule has 0 bridgehead atoms. The van der Waals surface area contributed by atoms with Crippen molar-refractivity contribution in [1.29, 1.82) is 0 Å². The number of carbonyl (C=O) groups excluding carboxylic acids is 4. The van der Waals surface area contributed by atoms with Crippen molar-refractivity contribution >= 4 is 34.9 Å². The lowest BCUT2D eigenvalue weighted by Crippen LogP contribution is -2.50. The number of pyridine rings is 1. The first-order chi connectivity index (χ1) is 30.7. The molecule has 2 aromatic heterocycles. The number of aromatic nitrogens is 3. The van der Waals surface area contributed by atoms with Crippen molar-refractivity contribution in [3.05, 3.63) is 144 Å². The second-order valence-electron chi connectivity index (χ2n) is 15.7. The van der Waals surface area contributed by atoms with E-state index in [0.717, 1.165) is 63.2 Å². The topological polar surface area (TPSA) is 191 Å². The van der Waals surface area contributed by atoms with Gasteiger partial charge in [-0.1, -0.05) is 97.1 Å². The summed E-state index contributed by atoms with van der Waals surface area (Å²) in [6.07, 6.45) is 2.28.